The lowest BCUT2D eigenvalue weighted by molar-refractivity contribution is 0.672. The molecule has 0 saturated carbocycles. The van der Waals surface area contributed by atoms with E-state index >= 15 is 0 Å². The molecular formula is C51H31N3O. The minimum Gasteiger partial charge on any atom is -0.455 e. The summed E-state index contributed by atoms with van der Waals surface area (Å²) in [6, 6.07) is 65.9. The molecule has 0 N–H and O–H groups in total. The van der Waals surface area contributed by atoms with Gasteiger partial charge in [-0.25, -0.2) is 15.0 Å². The Hall–Kier alpha value is -7.43. The topological polar surface area (TPSA) is 51.8 Å². The van der Waals surface area contributed by atoms with Crippen molar-refractivity contribution in [3.63, 3.8) is 0 Å². The molecule has 0 unspecified atom stereocenters. The minimum atomic E-state index is 0.603. The SMILES string of the molecule is c1ccc(-c2nc(-c3ccc4cc(-c5ccccc5-c5cccc6ccccc56)ccc4c3)nc(-c3cc4ccccc4c4oc5ccccc5c34)n2)cc1. The van der Waals surface area contributed by atoms with Crippen LogP contribution < -0.4 is 0 Å². The van der Waals surface area contributed by atoms with Crippen LogP contribution in [0.5, 0.6) is 0 Å². The van der Waals surface area contributed by atoms with Gasteiger partial charge in [0.2, 0.25) is 0 Å². The smallest absolute Gasteiger partial charge is 0.164 e. The number of rotatable bonds is 5. The molecule has 0 radical (unpaired) electrons. The van der Waals surface area contributed by atoms with E-state index in [0.717, 1.165) is 60.2 Å². The van der Waals surface area contributed by atoms with Gasteiger partial charge in [0.05, 0.1) is 0 Å². The highest BCUT2D eigenvalue weighted by Crippen LogP contribution is 2.42. The van der Waals surface area contributed by atoms with Crippen molar-refractivity contribution in [3.05, 3.63) is 188 Å². The van der Waals surface area contributed by atoms with Crippen LogP contribution in [0.25, 0.3) is 111 Å². The predicted octanol–water partition coefficient (Wildman–Crippen LogP) is 13.6. The van der Waals surface area contributed by atoms with E-state index in [4.69, 9.17) is 19.4 Å². The molecule has 11 rings (SSSR count). The van der Waals surface area contributed by atoms with Crippen LogP contribution in [-0.2, 0) is 0 Å². The maximum Gasteiger partial charge on any atom is 0.164 e. The average molecular weight is 702 g/mol. The third-order valence-electron chi connectivity index (χ3n) is 10.7. The molecule has 256 valence electrons. The summed E-state index contributed by atoms with van der Waals surface area (Å²) < 4.78 is 6.53. The van der Waals surface area contributed by atoms with Gasteiger partial charge in [0.1, 0.15) is 11.2 Å². The Kier molecular flexibility index (Phi) is 7.14. The molecule has 0 bridgehead atoms. The van der Waals surface area contributed by atoms with Crippen molar-refractivity contribution in [3.8, 4) is 56.4 Å². The van der Waals surface area contributed by atoms with Gasteiger partial charge >= 0.3 is 0 Å². The fraction of sp³-hybridized carbons (Fsp3) is 0. The van der Waals surface area contributed by atoms with E-state index < -0.39 is 0 Å². The molecule has 0 amide bonds. The van der Waals surface area contributed by atoms with E-state index in [0.29, 0.717) is 17.5 Å². The summed E-state index contributed by atoms with van der Waals surface area (Å²) >= 11 is 0. The molecule has 0 aliphatic heterocycles. The lowest BCUT2D eigenvalue weighted by atomic mass is 9.90. The molecule has 55 heavy (non-hydrogen) atoms. The fourth-order valence-corrected chi connectivity index (χ4v) is 8.06. The Balaban J connectivity index is 1.07. The molecule has 0 fully saturated rings. The minimum absolute atomic E-state index is 0.603. The van der Waals surface area contributed by atoms with Crippen LogP contribution in [-0.4, -0.2) is 15.0 Å². The predicted molar refractivity (Wildman–Crippen MR) is 227 cm³/mol. The second-order valence-electron chi connectivity index (χ2n) is 14.0. The molecule has 0 atom stereocenters. The highest BCUT2D eigenvalue weighted by atomic mass is 16.3. The van der Waals surface area contributed by atoms with Crippen molar-refractivity contribution < 1.29 is 4.42 Å². The molecule has 0 spiro atoms. The van der Waals surface area contributed by atoms with E-state index in [2.05, 4.69) is 140 Å². The number of furan rings is 1. The van der Waals surface area contributed by atoms with E-state index in [1.54, 1.807) is 0 Å². The van der Waals surface area contributed by atoms with Crippen molar-refractivity contribution in [2.45, 2.75) is 0 Å². The molecule has 2 aromatic heterocycles. The Bertz CT molecular complexity index is 3270. The molecule has 0 saturated heterocycles. The van der Waals surface area contributed by atoms with Crippen LogP contribution in [0.1, 0.15) is 0 Å². The average Bonchev–Trinajstić information content (AvgIpc) is 3.66. The maximum absolute atomic E-state index is 6.53. The van der Waals surface area contributed by atoms with Crippen LogP contribution in [0.4, 0.5) is 0 Å². The normalized spacial score (nSPS) is 11.6. The first-order valence-corrected chi connectivity index (χ1v) is 18.5. The van der Waals surface area contributed by atoms with Gasteiger partial charge < -0.3 is 4.42 Å². The second-order valence-corrected chi connectivity index (χ2v) is 14.0. The third-order valence-corrected chi connectivity index (χ3v) is 10.7. The van der Waals surface area contributed by atoms with Crippen molar-refractivity contribution >= 4 is 54.3 Å². The van der Waals surface area contributed by atoms with Crippen molar-refractivity contribution in [2.24, 2.45) is 0 Å². The highest BCUT2D eigenvalue weighted by Gasteiger charge is 2.20. The van der Waals surface area contributed by atoms with Gasteiger partial charge in [-0.1, -0.05) is 164 Å². The van der Waals surface area contributed by atoms with Gasteiger partial charge in [-0.3, -0.25) is 0 Å². The zero-order valence-electron chi connectivity index (χ0n) is 29.6. The van der Waals surface area contributed by atoms with Gasteiger partial charge in [0, 0.05) is 32.8 Å². The zero-order chi connectivity index (χ0) is 36.3. The Morgan fingerprint density at radius 3 is 1.73 bits per heavy atom. The van der Waals surface area contributed by atoms with E-state index in [1.807, 2.05) is 48.5 Å². The molecule has 2 heterocycles. The summed E-state index contributed by atoms with van der Waals surface area (Å²) in [6.45, 7) is 0. The maximum atomic E-state index is 6.53. The summed E-state index contributed by atoms with van der Waals surface area (Å²) in [4.78, 5) is 15.4. The van der Waals surface area contributed by atoms with E-state index in [9.17, 15) is 0 Å². The quantitative estimate of drug-likeness (QED) is 0.179. The number of hydrogen-bond acceptors (Lipinski definition) is 4. The molecule has 0 aliphatic rings. The summed E-state index contributed by atoms with van der Waals surface area (Å²) in [5.74, 6) is 1.84. The lowest BCUT2D eigenvalue weighted by Gasteiger charge is -2.14. The third kappa shape index (κ3) is 5.26. The second kappa shape index (κ2) is 12.6. The van der Waals surface area contributed by atoms with E-state index in [1.165, 1.54) is 33.0 Å². The highest BCUT2D eigenvalue weighted by molar-refractivity contribution is 6.20. The van der Waals surface area contributed by atoms with Crippen LogP contribution in [0.2, 0.25) is 0 Å². The summed E-state index contributed by atoms with van der Waals surface area (Å²) in [5, 5.41) is 8.90. The molecule has 0 aliphatic carbocycles. The zero-order valence-corrected chi connectivity index (χ0v) is 29.6. The van der Waals surface area contributed by atoms with E-state index in [-0.39, 0.29) is 0 Å². The number of hydrogen-bond donors (Lipinski definition) is 0. The number of benzene rings is 9. The Labute approximate surface area is 317 Å². The Morgan fingerprint density at radius 1 is 0.309 bits per heavy atom. The molecule has 4 heteroatoms. The Morgan fingerprint density at radius 2 is 0.891 bits per heavy atom. The number of aromatic nitrogens is 3. The van der Waals surface area contributed by atoms with Crippen LogP contribution in [0, 0.1) is 0 Å². The van der Waals surface area contributed by atoms with Gasteiger partial charge in [-0.2, -0.15) is 0 Å². The first-order valence-electron chi connectivity index (χ1n) is 18.5. The number of nitrogens with zero attached hydrogens (tertiary/aromatic N) is 3. The largest absolute Gasteiger partial charge is 0.455 e. The molecular weight excluding hydrogens is 671 g/mol. The van der Waals surface area contributed by atoms with Crippen LogP contribution in [0.3, 0.4) is 0 Å². The molecule has 4 nitrogen and oxygen atoms in total. The van der Waals surface area contributed by atoms with Crippen molar-refractivity contribution in [2.75, 3.05) is 0 Å². The molecule has 11 aromatic rings. The number of para-hydroxylation sites is 1. The first-order chi connectivity index (χ1) is 27.2. The summed E-state index contributed by atoms with van der Waals surface area (Å²) in [7, 11) is 0. The standard InChI is InChI=1S/C51H31N3O/c1-2-14-33(15-3-1)49-52-50(54-51(53-49)45-31-36-16-5-7-20-41(36)48-47(45)44-22-10-11-24-46(44)55-48)38-28-26-34-29-37(27-25-35(34)30-38)40-19-8-9-21-42(40)43-23-12-17-32-13-4-6-18-39(32)43/h1-31H. The fourth-order valence-electron chi connectivity index (χ4n) is 8.06. The van der Waals surface area contributed by atoms with Crippen LogP contribution in [0.15, 0.2) is 192 Å². The van der Waals surface area contributed by atoms with Crippen LogP contribution >= 0.6 is 0 Å². The van der Waals surface area contributed by atoms with Gasteiger partial charge in [0.15, 0.2) is 17.5 Å². The first kappa shape index (κ1) is 31.1. The summed E-state index contributed by atoms with van der Waals surface area (Å²) in [5.41, 5.74) is 9.25. The lowest BCUT2D eigenvalue weighted by Crippen LogP contribution is -2.00. The van der Waals surface area contributed by atoms with Crippen molar-refractivity contribution in [1.29, 1.82) is 0 Å². The number of fused-ring (bicyclic) bond motifs is 7. The van der Waals surface area contributed by atoms with Crippen molar-refractivity contribution in [1.82, 2.24) is 15.0 Å². The van der Waals surface area contributed by atoms with Gasteiger partial charge in [0.25, 0.3) is 0 Å². The monoisotopic (exact) mass is 701 g/mol. The van der Waals surface area contributed by atoms with Gasteiger partial charge in [-0.05, 0) is 73.5 Å². The molecule has 9 aromatic carbocycles. The van der Waals surface area contributed by atoms with Gasteiger partial charge in [-0.15, -0.1) is 0 Å². The summed E-state index contributed by atoms with van der Waals surface area (Å²) in [6.07, 6.45) is 0.